The highest BCUT2D eigenvalue weighted by molar-refractivity contribution is 7.92. The van der Waals surface area contributed by atoms with E-state index >= 15 is 0 Å². The number of anilines is 1. The molecular weight excluding hydrogens is 475 g/mol. The van der Waals surface area contributed by atoms with Crippen molar-refractivity contribution in [1.82, 2.24) is 10.3 Å². The highest BCUT2D eigenvalue weighted by Crippen LogP contribution is 2.29. The monoisotopic (exact) mass is 489 g/mol. The molecule has 2 N–H and O–H groups in total. The van der Waals surface area contributed by atoms with Gasteiger partial charge in [0, 0.05) is 12.1 Å². The number of benzene rings is 2. The molecule has 0 spiro atoms. The minimum atomic E-state index is -4.42. The average Bonchev–Trinajstić information content (AvgIpc) is 3.09. The molecule has 0 aliphatic carbocycles. The number of halogens is 4. The van der Waals surface area contributed by atoms with E-state index in [0.29, 0.717) is 15.5 Å². The molecule has 0 radical (unpaired) electrons. The lowest BCUT2D eigenvalue weighted by Crippen LogP contribution is -2.23. The van der Waals surface area contributed by atoms with Crippen LogP contribution in [0.4, 0.5) is 18.3 Å². The molecule has 0 unspecified atom stereocenters. The number of rotatable bonds is 7. The van der Waals surface area contributed by atoms with E-state index in [9.17, 15) is 26.4 Å². The fraction of sp³-hybridized carbons (Fsp3) is 0.158. The van der Waals surface area contributed by atoms with Gasteiger partial charge in [0.1, 0.15) is 4.34 Å². The molecule has 0 aliphatic heterocycles. The van der Waals surface area contributed by atoms with Gasteiger partial charge in [0.15, 0.2) is 5.13 Å². The zero-order valence-corrected chi connectivity index (χ0v) is 18.0. The first kappa shape index (κ1) is 23.0. The van der Waals surface area contributed by atoms with E-state index in [2.05, 4.69) is 15.0 Å². The van der Waals surface area contributed by atoms with Gasteiger partial charge in [0.25, 0.3) is 5.91 Å². The third-order valence-electron chi connectivity index (χ3n) is 4.03. The summed E-state index contributed by atoms with van der Waals surface area (Å²) in [6.07, 6.45) is -3.08. The van der Waals surface area contributed by atoms with Crippen molar-refractivity contribution in [2.75, 3.05) is 4.72 Å². The third kappa shape index (κ3) is 6.68. The maximum Gasteiger partial charge on any atom is 0.416 e. The van der Waals surface area contributed by atoms with Crippen LogP contribution in [0.15, 0.2) is 54.7 Å². The number of nitrogens with one attached hydrogen (secondary N) is 2. The quantitative estimate of drug-likeness (QED) is 0.504. The summed E-state index contributed by atoms with van der Waals surface area (Å²) in [4.78, 5) is 16.1. The molecule has 0 aliphatic rings. The summed E-state index contributed by atoms with van der Waals surface area (Å²) >= 11 is 6.72. The van der Waals surface area contributed by atoms with Crippen LogP contribution >= 0.6 is 22.9 Å². The Balaban J connectivity index is 1.56. The van der Waals surface area contributed by atoms with E-state index < -0.39 is 27.7 Å². The molecule has 1 aromatic heterocycles. The minimum Gasteiger partial charge on any atom is -0.348 e. The molecule has 31 heavy (non-hydrogen) atoms. The summed E-state index contributed by atoms with van der Waals surface area (Å²) in [6, 6.07) is 10.4. The Kier molecular flexibility index (Phi) is 6.87. The molecule has 164 valence electrons. The minimum absolute atomic E-state index is 0.0490. The van der Waals surface area contributed by atoms with Gasteiger partial charge in [-0.3, -0.25) is 9.52 Å². The number of thiazole rings is 1. The maximum atomic E-state index is 12.6. The van der Waals surface area contributed by atoms with Crippen LogP contribution in [0, 0.1) is 0 Å². The van der Waals surface area contributed by atoms with Crippen LogP contribution in [0.5, 0.6) is 0 Å². The SMILES string of the molecule is O=C(NCc1ccc(C(F)(F)F)cc1)c1ccc(CS(=O)(=O)Nc2ncc(Cl)s2)cc1. The van der Waals surface area contributed by atoms with Crippen LogP contribution in [0.25, 0.3) is 0 Å². The average molecular weight is 490 g/mol. The van der Waals surface area contributed by atoms with Gasteiger partial charge < -0.3 is 5.32 Å². The van der Waals surface area contributed by atoms with Crippen molar-refractivity contribution in [3.05, 3.63) is 81.3 Å². The zero-order valence-electron chi connectivity index (χ0n) is 15.6. The number of aromatic nitrogens is 1. The van der Waals surface area contributed by atoms with Crippen LogP contribution in [0.1, 0.15) is 27.0 Å². The highest BCUT2D eigenvalue weighted by Gasteiger charge is 2.29. The predicted octanol–water partition coefficient (Wildman–Crippen LogP) is 4.69. The second-order valence-corrected chi connectivity index (χ2v) is 9.79. The summed E-state index contributed by atoms with van der Waals surface area (Å²) in [6.45, 7) is 0.0490. The largest absolute Gasteiger partial charge is 0.416 e. The predicted molar refractivity (Wildman–Crippen MR) is 112 cm³/mol. The van der Waals surface area contributed by atoms with Crippen LogP contribution < -0.4 is 10.0 Å². The Morgan fingerprint density at radius 2 is 1.65 bits per heavy atom. The van der Waals surface area contributed by atoms with E-state index in [1.807, 2.05) is 0 Å². The van der Waals surface area contributed by atoms with E-state index in [0.717, 1.165) is 23.5 Å². The fourth-order valence-electron chi connectivity index (χ4n) is 2.54. The molecule has 0 atom stereocenters. The normalized spacial score (nSPS) is 11.9. The topological polar surface area (TPSA) is 88.2 Å². The number of amides is 1. The number of carbonyl (C=O) groups excluding carboxylic acids is 1. The lowest BCUT2D eigenvalue weighted by molar-refractivity contribution is -0.137. The summed E-state index contributed by atoms with van der Waals surface area (Å²) in [5.41, 5.74) is 0.486. The standard InChI is InChI=1S/C19H15ClF3N3O3S2/c20-16-10-25-18(30-16)26-31(28,29)11-13-1-5-14(6-2-13)17(27)24-9-12-3-7-15(8-4-12)19(21,22)23/h1-8,10H,9,11H2,(H,24,27)(H,25,26). The fourth-order valence-corrected chi connectivity index (χ4v) is 4.77. The highest BCUT2D eigenvalue weighted by atomic mass is 35.5. The number of sulfonamides is 1. The molecule has 0 saturated heterocycles. The smallest absolute Gasteiger partial charge is 0.348 e. The van der Waals surface area contributed by atoms with E-state index in [-0.39, 0.29) is 23.0 Å². The summed E-state index contributed by atoms with van der Waals surface area (Å²) < 4.78 is 64.8. The van der Waals surface area contributed by atoms with Crippen molar-refractivity contribution in [3.63, 3.8) is 0 Å². The summed E-state index contributed by atoms with van der Waals surface area (Å²) in [5, 5.41) is 2.76. The molecule has 0 saturated carbocycles. The number of carbonyl (C=O) groups is 1. The Bertz CT molecular complexity index is 1160. The van der Waals surface area contributed by atoms with Crippen molar-refractivity contribution < 1.29 is 26.4 Å². The number of hydrogen-bond donors (Lipinski definition) is 2. The first-order valence-corrected chi connectivity index (χ1v) is 11.5. The van der Waals surface area contributed by atoms with E-state index in [1.54, 1.807) is 0 Å². The van der Waals surface area contributed by atoms with Crippen LogP contribution in [-0.2, 0) is 28.5 Å². The number of hydrogen-bond acceptors (Lipinski definition) is 5. The third-order valence-corrected chi connectivity index (χ3v) is 6.40. The van der Waals surface area contributed by atoms with Crippen molar-refractivity contribution in [1.29, 1.82) is 0 Å². The summed E-state index contributed by atoms with van der Waals surface area (Å²) in [7, 11) is -3.71. The van der Waals surface area contributed by atoms with Crippen molar-refractivity contribution in [2.24, 2.45) is 0 Å². The zero-order chi connectivity index (χ0) is 22.6. The van der Waals surface area contributed by atoms with Crippen molar-refractivity contribution in [3.8, 4) is 0 Å². The molecule has 3 aromatic rings. The van der Waals surface area contributed by atoms with Crippen LogP contribution in [0.2, 0.25) is 4.34 Å². The molecule has 0 bridgehead atoms. The van der Waals surface area contributed by atoms with Gasteiger partial charge in [0.2, 0.25) is 10.0 Å². The Morgan fingerprint density at radius 1 is 1.03 bits per heavy atom. The second kappa shape index (κ2) is 9.25. The second-order valence-electron chi connectivity index (χ2n) is 6.40. The van der Waals surface area contributed by atoms with Gasteiger partial charge in [-0.2, -0.15) is 13.2 Å². The molecule has 12 heteroatoms. The first-order valence-electron chi connectivity index (χ1n) is 8.67. The van der Waals surface area contributed by atoms with Crippen molar-refractivity contribution >= 4 is 44.0 Å². The Morgan fingerprint density at radius 3 is 2.19 bits per heavy atom. The van der Waals surface area contributed by atoms with Gasteiger partial charge in [-0.15, -0.1) is 0 Å². The molecule has 2 aromatic carbocycles. The van der Waals surface area contributed by atoms with Crippen LogP contribution in [0.3, 0.4) is 0 Å². The Hall–Kier alpha value is -2.63. The number of alkyl halides is 3. The van der Waals surface area contributed by atoms with Gasteiger partial charge >= 0.3 is 6.18 Å². The molecule has 3 rings (SSSR count). The molecule has 1 amide bonds. The lowest BCUT2D eigenvalue weighted by Gasteiger charge is -2.09. The first-order chi connectivity index (χ1) is 14.5. The van der Waals surface area contributed by atoms with Crippen LogP contribution in [-0.4, -0.2) is 19.3 Å². The molecule has 0 fully saturated rings. The van der Waals surface area contributed by atoms with Gasteiger partial charge in [-0.25, -0.2) is 13.4 Å². The molecular formula is C19H15ClF3N3O3S2. The van der Waals surface area contributed by atoms with Gasteiger partial charge in [0.05, 0.1) is 17.5 Å². The van der Waals surface area contributed by atoms with Gasteiger partial charge in [-0.05, 0) is 35.4 Å². The molecule has 6 nitrogen and oxygen atoms in total. The van der Waals surface area contributed by atoms with E-state index in [1.165, 1.54) is 42.6 Å². The molecule has 1 heterocycles. The van der Waals surface area contributed by atoms with Gasteiger partial charge in [-0.1, -0.05) is 47.2 Å². The lowest BCUT2D eigenvalue weighted by atomic mass is 10.1. The Labute approximate surface area is 185 Å². The number of nitrogens with zero attached hydrogens (tertiary/aromatic N) is 1. The van der Waals surface area contributed by atoms with Crippen molar-refractivity contribution in [2.45, 2.75) is 18.5 Å². The maximum absolute atomic E-state index is 12.6. The summed E-state index contributed by atoms with van der Waals surface area (Å²) in [5.74, 6) is -0.762. The van der Waals surface area contributed by atoms with E-state index in [4.69, 9.17) is 11.6 Å².